The van der Waals surface area contributed by atoms with Crippen molar-refractivity contribution in [1.29, 1.82) is 0 Å². The lowest BCUT2D eigenvalue weighted by molar-refractivity contribution is 0.339. The van der Waals surface area contributed by atoms with E-state index in [4.69, 9.17) is 28.2 Å². The molecule has 2 aromatic rings. The highest BCUT2D eigenvalue weighted by atomic mass is 35.5. The van der Waals surface area contributed by atoms with Crippen molar-refractivity contribution in [3.05, 3.63) is 62.9 Å². The second-order valence-electron chi connectivity index (χ2n) is 6.26. The zero-order valence-electron chi connectivity index (χ0n) is 12.7. The van der Waals surface area contributed by atoms with E-state index in [1.165, 1.54) is 11.1 Å². The number of pyridine rings is 1. The van der Waals surface area contributed by atoms with Gasteiger partial charge in [0.2, 0.25) is 0 Å². The second kappa shape index (κ2) is 6.27. The van der Waals surface area contributed by atoms with Gasteiger partial charge in [-0.1, -0.05) is 41.4 Å². The Bertz CT molecular complexity index is 764. The summed E-state index contributed by atoms with van der Waals surface area (Å²) in [6, 6.07) is 8.05. The van der Waals surface area contributed by atoms with Gasteiger partial charge in [-0.25, -0.2) is 0 Å². The molecule has 1 aromatic heterocycles. The van der Waals surface area contributed by atoms with Crippen LogP contribution >= 0.6 is 23.2 Å². The van der Waals surface area contributed by atoms with E-state index < -0.39 is 0 Å². The summed E-state index contributed by atoms with van der Waals surface area (Å²) in [6.07, 6.45) is 8.33. The Kier molecular flexibility index (Phi) is 4.14. The van der Waals surface area contributed by atoms with Gasteiger partial charge in [0.25, 0.3) is 0 Å². The number of rotatable bonds is 1. The van der Waals surface area contributed by atoms with Crippen molar-refractivity contribution in [3.63, 3.8) is 0 Å². The molecule has 1 saturated heterocycles. The molecule has 4 rings (SSSR count). The van der Waals surface area contributed by atoms with Crippen molar-refractivity contribution >= 4 is 35.4 Å². The van der Waals surface area contributed by atoms with Crippen LogP contribution in [-0.4, -0.2) is 18.1 Å². The Labute approximate surface area is 146 Å². The van der Waals surface area contributed by atoms with Gasteiger partial charge in [0.1, 0.15) is 0 Å². The van der Waals surface area contributed by atoms with Gasteiger partial charge in [-0.05, 0) is 61.2 Å². The third-order valence-electron chi connectivity index (χ3n) is 4.93. The molecular formula is C19H18Cl2N2. The monoisotopic (exact) mass is 344 g/mol. The first kappa shape index (κ1) is 15.2. The molecule has 0 radical (unpaired) electrons. The lowest BCUT2D eigenvalue weighted by Crippen LogP contribution is -2.32. The van der Waals surface area contributed by atoms with Gasteiger partial charge in [0, 0.05) is 22.7 Å². The number of hydrogen-bond acceptors (Lipinski definition) is 2. The standard InChI is InChI=1S/C19H18Cl2N2/c20-14-2-4-15-13(11-14)1-3-16-17(21)7-10-23-19(16)18(15)12-5-8-22-9-6-12/h1-4,7,10-12,18,22H,5-6,8-9H2. The maximum Gasteiger partial charge on any atom is 0.0568 e. The van der Waals surface area contributed by atoms with E-state index in [0.717, 1.165) is 47.2 Å². The number of nitrogens with zero attached hydrogens (tertiary/aromatic N) is 1. The van der Waals surface area contributed by atoms with Crippen LogP contribution in [0.2, 0.25) is 10.0 Å². The van der Waals surface area contributed by atoms with Gasteiger partial charge in [0.15, 0.2) is 0 Å². The fraction of sp³-hybridized carbons (Fsp3) is 0.316. The summed E-state index contributed by atoms with van der Waals surface area (Å²) in [5, 5.41) is 4.99. The summed E-state index contributed by atoms with van der Waals surface area (Å²) in [4.78, 5) is 4.73. The molecule has 1 aromatic carbocycles. The van der Waals surface area contributed by atoms with Crippen LogP contribution in [-0.2, 0) is 0 Å². The van der Waals surface area contributed by atoms with Crippen molar-refractivity contribution in [2.75, 3.05) is 13.1 Å². The summed E-state index contributed by atoms with van der Waals surface area (Å²) in [5.74, 6) is 0.842. The highest BCUT2D eigenvalue weighted by Gasteiger charge is 2.32. The van der Waals surface area contributed by atoms with Gasteiger partial charge in [-0.15, -0.1) is 0 Å². The van der Waals surface area contributed by atoms with Crippen LogP contribution in [0.5, 0.6) is 0 Å². The van der Waals surface area contributed by atoms with Gasteiger partial charge >= 0.3 is 0 Å². The fourth-order valence-corrected chi connectivity index (χ4v) is 4.22. The molecule has 1 aliphatic heterocycles. The SMILES string of the molecule is Clc1ccc2c(c1)C=Cc1c(Cl)ccnc1C2C1CCNCC1. The molecule has 2 aliphatic rings. The molecule has 1 fully saturated rings. The van der Waals surface area contributed by atoms with Crippen molar-refractivity contribution in [2.24, 2.45) is 5.92 Å². The molecular weight excluding hydrogens is 327 g/mol. The van der Waals surface area contributed by atoms with Crippen molar-refractivity contribution in [3.8, 4) is 0 Å². The third-order valence-corrected chi connectivity index (χ3v) is 5.50. The maximum atomic E-state index is 6.46. The molecule has 1 aliphatic carbocycles. The topological polar surface area (TPSA) is 24.9 Å². The summed E-state index contributed by atoms with van der Waals surface area (Å²) < 4.78 is 0. The Balaban J connectivity index is 1.92. The van der Waals surface area contributed by atoms with Crippen LogP contribution in [0, 0.1) is 5.92 Å². The minimum Gasteiger partial charge on any atom is -0.317 e. The fourth-order valence-electron chi connectivity index (χ4n) is 3.83. The first-order valence-electron chi connectivity index (χ1n) is 8.06. The van der Waals surface area contributed by atoms with Crippen LogP contribution in [0.1, 0.15) is 41.1 Å². The van der Waals surface area contributed by atoms with E-state index in [9.17, 15) is 0 Å². The summed E-state index contributed by atoms with van der Waals surface area (Å²) in [7, 11) is 0. The lowest BCUT2D eigenvalue weighted by Gasteiger charge is -2.32. The highest BCUT2D eigenvalue weighted by molar-refractivity contribution is 6.32. The average molecular weight is 345 g/mol. The smallest absolute Gasteiger partial charge is 0.0568 e. The predicted octanol–water partition coefficient (Wildman–Crippen LogP) is 5.00. The van der Waals surface area contributed by atoms with Gasteiger partial charge < -0.3 is 5.32 Å². The molecule has 2 nitrogen and oxygen atoms in total. The first-order valence-corrected chi connectivity index (χ1v) is 8.82. The van der Waals surface area contributed by atoms with E-state index in [1.54, 1.807) is 0 Å². The highest BCUT2D eigenvalue weighted by Crippen LogP contribution is 2.43. The van der Waals surface area contributed by atoms with E-state index in [1.807, 2.05) is 24.4 Å². The van der Waals surface area contributed by atoms with Gasteiger partial charge in [-0.2, -0.15) is 0 Å². The summed E-state index contributed by atoms with van der Waals surface area (Å²) in [5.41, 5.74) is 4.63. The average Bonchev–Trinajstić information content (AvgIpc) is 2.73. The Morgan fingerprint density at radius 2 is 1.87 bits per heavy atom. The molecule has 2 heterocycles. The van der Waals surface area contributed by atoms with Crippen LogP contribution in [0.15, 0.2) is 30.5 Å². The Morgan fingerprint density at radius 1 is 1.04 bits per heavy atom. The normalized spacial score (nSPS) is 20.7. The number of piperidine rings is 1. The lowest BCUT2D eigenvalue weighted by atomic mass is 9.76. The van der Waals surface area contributed by atoms with Gasteiger partial charge in [0.05, 0.1) is 10.7 Å². The number of benzene rings is 1. The Morgan fingerprint density at radius 3 is 2.70 bits per heavy atom. The zero-order valence-corrected chi connectivity index (χ0v) is 14.2. The Hall–Kier alpha value is -1.35. The molecule has 1 N–H and O–H groups in total. The van der Waals surface area contributed by atoms with Crippen LogP contribution < -0.4 is 5.32 Å². The molecule has 1 unspecified atom stereocenters. The number of halogens is 2. The second-order valence-corrected chi connectivity index (χ2v) is 7.11. The number of hydrogen-bond donors (Lipinski definition) is 1. The molecule has 0 bridgehead atoms. The molecule has 23 heavy (non-hydrogen) atoms. The molecule has 0 saturated carbocycles. The summed E-state index contributed by atoms with van der Waals surface area (Å²) in [6.45, 7) is 2.13. The van der Waals surface area contributed by atoms with Crippen LogP contribution in [0.4, 0.5) is 0 Å². The van der Waals surface area contributed by atoms with Gasteiger partial charge in [-0.3, -0.25) is 4.98 Å². The molecule has 0 spiro atoms. The molecule has 1 atom stereocenters. The van der Waals surface area contributed by atoms with Crippen LogP contribution in [0.3, 0.4) is 0 Å². The minimum absolute atomic E-state index is 0.271. The largest absolute Gasteiger partial charge is 0.317 e. The molecule has 0 amide bonds. The number of nitrogens with one attached hydrogen (secondary N) is 1. The van der Waals surface area contributed by atoms with E-state index >= 15 is 0 Å². The third kappa shape index (κ3) is 2.80. The predicted molar refractivity (Wildman–Crippen MR) is 97.1 cm³/mol. The van der Waals surface area contributed by atoms with Crippen LogP contribution in [0.25, 0.3) is 12.2 Å². The quantitative estimate of drug-likeness (QED) is 0.786. The van der Waals surface area contributed by atoms with E-state index in [0.29, 0.717) is 5.92 Å². The number of aromatic nitrogens is 1. The van der Waals surface area contributed by atoms with E-state index in [-0.39, 0.29) is 5.92 Å². The minimum atomic E-state index is 0.271. The van der Waals surface area contributed by atoms with Crippen molar-refractivity contribution < 1.29 is 0 Å². The number of fused-ring (bicyclic) bond motifs is 2. The van der Waals surface area contributed by atoms with Crippen molar-refractivity contribution in [2.45, 2.75) is 18.8 Å². The molecule has 4 heteroatoms. The van der Waals surface area contributed by atoms with E-state index in [2.05, 4.69) is 23.5 Å². The van der Waals surface area contributed by atoms with Crippen molar-refractivity contribution in [1.82, 2.24) is 10.3 Å². The zero-order chi connectivity index (χ0) is 15.8. The first-order chi connectivity index (χ1) is 11.2. The summed E-state index contributed by atoms with van der Waals surface area (Å²) >= 11 is 12.7. The maximum absolute atomic E-state index is 6.46. The molecule has 118 valence electrons.